The quantitative estimate of drug-likeness (QED) is 0.574. The third-order valence-corrected chi connectivity index (χ3v) is 4.13. The van der Waals surface area contributed by atoms with Crippen molar-refractivity contribution in [2.24, 2.45) is 0 Å². The molecule has 1 atom stereocenters. The summed E-state index contributed by atoms with van der Waals surface area (Å²) in [5, 5.41) is 19.2. The van der Waals surface area contributed by atoms with E-state index in [1.807, 2.05) is 0 Å². The highest BCUT2D eigenvalue weighted by molar-refractivity contribution is 7.89. The molecule has 110 valence electrons. The minimum atomic E-state index is -3.90. The highest BCUT2D eigenvalue weighted by Gasteiger charge is 2.21. The van der Waals surface area contributed by atoms with Gasteiger partial charge in [0.15, 0.2) is 0 Å². The first kappa shape index (κ1) is 16.1. The third-order valence-electron chi connectivity index (χ3n) is 2.59. The van der Waals surface area contributed by atoms with Gasteiger partial charge in [0, 0.05) is 18.2 Å². The summed E-state index contributed by atoms with van der Waals surface area (Å²) < 4.78 is 26.2. The Morgan fingerprint density at radius 3 is 2.35 bits per heavy atom. The van der Waals surface area contributed by atoms with E-state index in [-0.39, 0.29) is 17.0 Å². The van der Waals surface area contributed by atoms with Crippen LogP contribution in [-0.4, -0.2) is 30.5 Å². The maximum Gasteiger partial charge on any atom is 0.304 e. The van der Waals surface area contributed by atoms with Crippen LogP contribution in [0.4, 0.5) is 5.69 Å². The Kier molecular flexibility index (Phi) is 5.17. The maximum absolute atomic E-state index is 12.0. The molecule has 0 aliphatic carbocycles. The highest BCUT2D eigenvalue weighted by atomic mass is 32.2. The molecule has 2 N–H and O–H groups in total. The van der Waals surface area contributed by atoms with Gasteiger partial charge >= 0.3 is 5.97 Å². The normalized spacial score (nSPS) is 12.8. The number of nitrogens with zero attached hydrogens (tertiary/aromatic N) is 1. The molecular formula is C11H14N2O6S. The van der Waals surface area contributed by atoms with Crippen LogP contribution in [0.5, 0.6) is 0 Å². The van der Waals surface area contributed by atoms with Crippen LogP contribution in [0.2, 0.25) is 0 Å². The number of aliphatic carboxylic acids is 1. The Labute approximate surface area is 115 Å². The van der Waals surface area contributed by atoms with E-state index >= 15 is 0 Å². The molecule has 1 unspecified atom stereocenters. The van der Waals surface area contributed by atoms with Crippen molar-refractivity contribution in [1.29, 1.82) is 0 Å². The van der Waals surface area contributed by atoms with Crippen LogP contribution in [0.15, 0.2) is 29.2 Å². The first-order valence-corrected chi connectivity index (χ1v) is 7.23. The average molecular weight is 302 g/mol. The number of rotatable bonds is 7. The Hall–Kier alpha value is -2.00. The summed E-state index contributed by atoms with van der Waals surface area (Å²) in [6, 6.07) is 3.63. The van der Waals surface area contributed by atoms with Gasteiger partial charge in [0.25, 0.3) is 5.69 Å². The van der Waals surface area contributed by atoms with Crippen molar-refractivity contribution < 1.29 is 23.2 Å². The summed E-state index contributed by atoms with van der Waals surface area (Å²) in [4.78, 5) is 20.3. The van der Waals surface area contributed by atoms with Crippen molar-refractivity contribution in [3.63, 3.8) is 0 Å². The molecule has 8 nitrogen and oxygen atoms in total. The summed E-state index contributed by atoms with van der Waals surface area (Å²) in [7, 11) is -3.90. The number of nitro groups is 1. The summed E-state index contributed by atoms with van der Waals surface area (Å²) in [6.45, 7) is 1.66. The van der Waals surface area contributed by atoms with Gasteiger partial charge in [-0.3, -0.25) is 14.9 Å². The minimum Gasteiger partial charge on any atom is -0.481 e. The number of hydrogen-bond donors (Lipinski definition) is 2. The van der Waals surface area contributed by atoms with E-state index in [9.17, 15) is 23.3 Å². The Morgan fingerprint density at radius 2 is 1.95 bits per heavy atom. The van der Waals surface area contributed by atoms with Crippen LogP contribution < -0.4 is 4.72 Å². The fourth-order valence-electron chi connectivity index (χ4n) is 1.51. The Bertz CT molecular complexity index is 596. The van der Waals surface area contributed by atoms with Crippen LogP contribution >= 0.6 is 0 Å². The van der Waals surface area contributed by atoms with Gasteiger partial charge in [0.05, 0.1) is 16.2 Å². The molecule has 0 amide bonds. The summed E-state index contributed by atoms with van der Waals surface area (Å²) in [6.07, 6.45) is -0.0127. The van der Waals surface area contributed by atoms with E-state index in [4.69, 9.17) is 5.11 Å². The van der Waals surface area contributed by atoms with Crippen molar-refractivity contribution >= 4 is 21.7 Å². The zero-order chi connectivity index (χ0) is 15.3. The van der Waals surface area contributed by atoms with Crippen LogP contribution in [0.1, 0.15) is 19.8 Å². The predicted octanol–water partition coefficient (Wildman–Crippen LogP) is 1.13. The number of carboxylic acid groups (broad SMARTS) is 1. The molecule has 1 aromatic rings. The lowest BCUT2D eigenvalue weighted by Gasteiger charge is -2.14. The predicted molar refractivity (Wildman–Crippen MR) is 69.7 cm³/mol. The fourth-order valence-corrected chi connectivity index (χ4v) is 2.83. The maximum atomic E-state index is 12.0. The van der Waals surface area contributed by atoms with E-state index in [1.165, 1.54) is 0 Å². The molecule has 0 aliphatic heterocycles. The molecule has 1 rings (SSSR count). The van der Waals surface area contributed by atoms with Crippen molar-refractivity contribution in [2.75, 3.05) is 0 Å². The molecule has 0 spiro atoms. The summed E-state index contributed by atoms with van der Waals surface area (Å²) in [5.74, 6) is -1.11. The second-order valence-electron chi connectivity index (χ2n) is 4.08. The molecule has 0 radical (unpaired) electrons. The van der Waals surface area contributed by atoms with Gasteiger partial charge in [-0.15, -0.1) is 0 Å². The van der Waals surface area contributed by atoms with Gasteiger partial charge < -0.3 is 5.11 Å². The third kappa shape index (κ3) is 4.28. The number of carboxylic acids is 1. The number of carbonyl (C=O) groups is 1. The molecule has 0 aliphatic rings. The number of non-ortho nitro benzene ring substituents is 1. The first-order chi connectivity index (χ1) is 9.26. The van der Waals surface area contributed by atoms with Gasteiger partial charge in [-0.2, -0.15) is 0 Å². The topological polar surface area (TPSA) is 127 Å². The van der Waals surface area contributed by atoms with E-state index in [2.05, 4.69) is 4.72 Å². The molecule has 0 heterocycles. The molecule has 1 aromatic carbocycles. The van der Waals surface area contributed by atoms with E-state index in [0.29, 0.717) is 6.42 Å². The molecule has 0 aromatic heterocycles. The van der Waals surface area contributed by atoms with Gasteiger partial charge in [0.1, 0.15) is 0 Å². The summed E-state index contributed by atoms with van der Waals surface area (Å²) >= 11 is 0. The van der Waals surface area contributed by atoms with Crippen LogP contribution in [0.25, 0.3) is 0 Å². The standard InChI is InChI=1S/C11H14N2O6S/c1-2-8(7-11(14)15)12-20(18,19)10-5-3-9(4-6-10)13(16)17/h3-6,8,12H,2,7H2,1H3,(H,14,15). The molecule has 0 bridgehead atoms. The molecule has 0 fully saturated rings. The second kappa shape index (κ2) is 6.44. The summed E-state index contributed by atoms with van der Waals surface area (Å²) in [5.41, 5.74) is -0.221. The zero-order valence-corrected chi connectivity index (χ0v) is 11.5. The molecule has 0 saturated heterocycles. The van der Waals surface area contributed by atoms with Crippen molar-refractivity contribution in [3.05, 3.63) is 34.4 Å². The minimum absolute atomic E-state index is 0.146. The van der Waals surface area contributed by atoms with E-state index < -0.39 is 27.0 Å². The first-order valence-electron chi connectivity index (χ1n) is 5.75. The van der Waals surface area contributed by atoms with Gasteiger partial charge in [-0.1, -0.05) is 6.92 Å². The van der Waals surface area contributed by atoms with E-state index in [0.717, 1.165) is 24.3 Å². The monoisotopic (exact) mass is 302 g/mol. The lowest BCUT2D eigenvalue weighted by molar-refractivity contribution is -0.384. The van der Waals surface area contributed by atoms with Crippen LogP contribution in [0.3, 0.4) is 0 Å². The van der Waals surface area contributed by atoms with E-state index in [1.54, 1.807) is 6.92 Å². The van der Waals surface area contributed by atoms with Crippen LogP contribution in [0, 0.1) is 10.1 Å². The van der Waals surface area contributed by atoms with Crippen molar-refractivity contribution in [3.8, 4) is 0 Å². The zero-order valence-electron chi connectivity index (χ0n) is 10.6. The Morgan fingerprint density at radius 1 is 1.40 bits per heavy atom. The van der Waals surface area contributed by atoms with Gasteiger partial charge in [-0.25, -0.2) is 13.1 Å². The second-order valence-corrected chi connectivity index (χ2v) is 5.79. The fraction of sp³-hybridized carbons (Fsp3) is 0.364. The lowest BCUT2D eigenvalue weighted by Crippen LogP contribution is -2.35. The smallest absolute Gasteiger partial charge is 0.304 e. The highest BCUT2D eigenvalue weighted by Crippen LogP contribution is 2.16. The van der Waals surface area contributed by atoms with Crippen molar-refractivity contribution in [2.45, 2.75) is 30.7 Å². The molecule has 20 heavy (non-hydrogen) atoms. The molecule has 9 heteroatoms. The molecular weight excluding hydrogens is 288 g/mol. The van der Waals surface area contributed by atoms with Crippen molar-refractivity contribution in [1.82, 2.24) is 4.72 Å². The largest absolute Gasteiger partial charge is 0.481 e. The number of nitrogens with one attached hydrogen (secondary N) is 1. The average Bonchev–Trinajstić information content (AvgIpc) is 2.37. The number of benzene rings is 1. The lowest BCUT2D eigenvalue weighted by atomic mass is 10.2. The molecule has 0 saturated carbocycles. The van der Waals surface area contributed by atoms with Gasteiger partial charge in [-0.05, 0) is 18.6 Å². The number of hydrogen-bond acceptors (Lipinski definition) is 5. The SMILES string of the molecule is CCC(CC(=O)O)NS(=O)(=O)c1ccc([N+](=O)[O-])cc1. The number of sulfonamides is 1. The van der Waals surface area contributed by atoms with Gasteiger partial charge in [0.2, 0.25) is 10.0 Å². The number of nitro benzene ring substituents is 1. The Balaban J connectivity index is 2.92. The van der Waals surface area contributed by atoms with Crippen LogP contribution in [-0.2, 0) is 14.8 Å².